The van der Waals surface area contributed by atoms with Gasteiger partial charge in [-0.05, 0) is 35.9 Å². The van der Waals surface area contributed by atoms with Gasteiger partial charge in [-0.3, -0.25) is 4.79 Å². The lowest BCUT2D eigenvalue weighted by Gasteiger charge is -2.05. The summed E-state index contributed by atoms with van der Waals surface area (Å²) in [5.41, 5.74) is 1.92. The zero-order valence-corrected chi connectivity index (χ0v) is 11.4. The molecule has 0 aliphatic rings. The molecule has 3 heteroatoms. The van der Waals surface area contributed by atoms with E-state index in [0.29, 0.717) is 6.61 Å². The van der Waals surface area contributed by atoms with Crippen LogP contribution in [0.4, 0.5) is 5.69 Å². The Balaban J connectivity index is 1.82. The molecule has 0 aliphatic carbocycles. The van der Waals surface area contributed by atoms with E-state index < -0.39 is 0 Å². The minimum absolute atomic E-state index is 0.0792. The first-order valence-corrected chi connectivity index (χ1v) is 6.46. The van der Waals surface area contributed by atoms with Crippen molar-refractivity contribution in [2.45, 2.75) is 6.92 Å². The summed E-state index contributed by atoms with van der Waals surface area (Å²) < 4.78 is 5.59. The predicted octanol–water partition coefficient (Wildman–Crippen LogP) is 3.74. The minimum atomic E-state index is -0.0792. The van der Waals surface area contributed by atoms with Gasteiger partial charge in [-0.1, -0.05) is 36.4 Å². The molecule has 2 aromatic rings. The van der Waals surface area contributed by atoms with Gasteiger partial charge in [-0.25, -0.2) is 0 Å². The van der Waals surface area contributed by atoms with Crippen molar-refractivity contribution >= 4 is 17.7 Å². The fraction of sp³-hybridized carbons (Fsp3) is 0.118. The smallest absolute Gasteiger partial charge is 0.221 e. The van der Waals surface area contributed by atoms with Crippen molar-refractivity contribution in [3.63, 3.8) is 0 Å². The standard InChI is InChI=1S/C17H17NO2/c1-14(19)18-16-9-11-17(12-10-16)20-13-5-8-15-6-3-2-4-7-15/h2-12H,13H2,1H3,(H,18,19)/b8-5+. The van der Waals surface area contributed by atoms with Gasteiger partial charge in [0, 0.05) is 12.6 Å². The molecule has 0 heterocycles. The second-order valence-corrected chi connectivity index (χ2v) is 4.33. The van der Waals surface area contributed by atoms with Gasteiger partial charge in [0.25, 0.3) is 0 Å². The van der Waals surface area contributed by atoms with Crippen LogP contribution in [0.15, 0.2) is 60.7 Å². The molecule has 0 unspecified atom stereocenters. The predicted molar refractivity (Wildman–Crippen MR) is 81.7 cm³/mol. The Morgan fingerprint density at radius 1 is 1.10 bits per heavy atom. The fourth-order valence-corrected chi connectivity index (χ4v) is 1.73. The maximum atomic E-state index is 10.9. The van der Waals surface area contributed by atoms with E-state index in [4.69, 9.17) is 4.74 Å². The van der Waals surface area contributed by atoms with Crippen molar-refractivity contribution in [1.29, 1.82) is 0 Å². The first kappa shape index (κ1) is 13.9. The summed E-state index contributed by atoms with van der Waals surface area (Å²) in [4.78, 5) is 10.9. The molecule has 0 aromatic heterocycles. The summed E-state index contributed by atoms with van der Waals surface area (Å²) in [6.07, 6.45) is 3.99. The Morgan fingerprint density at radius 3 is 2.45 bits per heavy atom. The molecule has 0 saturated carbocycles. The van der Waals surface area contributed by atoms with Gasteiger partial charge in [-0.2, -0.15) is 0 Å². The van der Waals surface area contributed by atoms with Crippen molar-refractivity contribution in [3.8, 4) is 5.75 Å². The number of carbonyl (C=O) groups excluding carboxylic acids is 1. The monoisotopic (exact) mass is 267 g/mol. The summed E-state index contributed by atoms with van der Waals surface area (Å²) >= 11 is 0. The first-order chi connectivity index (χ1) is 9.74. The minimum Gasteiger partial charge on any atom is -0.490 e. The summed E-state index contributed by atoms with van der Waals surface area (Å²) in [5.74, 6) is 0.696. The van der Waals surface area contributed by atoms with Crippen LogP contribution >= 0.6 is 0 Å². The van der Waals surface area contributed by atoms with Gasteiger partial charge in [0.2, 0.25) is 5.91 Å². The third-order valence-corrected chi connectivity index (χ3v) is 2.63. The SMILES string of the molecule is CC(=O)Nc1ccc(OC/C=C/c2ccccc2)cc1. The highest BCUT2D eigenvalue weighted by Gasteiger charge is 1.96. The molecule has 0 fully saturated rings. The number of anilines is 1. The van der Waals surface area contributed by atoms with E-state index in [2.05, 4.69) is 5.32 Å². The average molecular weight is 267 g/mol. The van der Waals surface area contributed by atoms with Crippen molar-refractivity contribution in [2.24, 2.45) is 0 Å². The van der Waals surface area contributed by atoms with E-state index in [0.717, 1.165) is 17.0 Å². The fourth-order valence-electron chi connectivity index (χ4n) is 1.73. The van der Waals surface area contributed by atoms with E-state index >= 15 is 0 Å². The van der Waals surface area contributed by atoms with Crippen LogP contribution in [0.2, 0.25) is 0 Å². The Bertz CT molecular complexity index is 574. The van der Waals surface area contributed by atoms with Crippen LogP contribution in [0.5, 0.6) is 5.75 Å². The number of nitrogens with one attached hydrogen (secondary N) is 1. The molecular weight excluding hydrogens is 250 g/mol. The zero-order valence-electron chi connectivity index (χ0n) is 11.4. The zero-order chi connectivity index (χ0) is 14.2. The van der Waals surface area contributed by atoms with Gasteiger partial charge in [0.05, 0.1) is 0 Å². The van der Waals surface area contributed by atoms with E-state index in [9.17, 15) is 4.79 Å². The molecule has 0 spiro atoms. The number of carbonyl (C=O) groups is 1. The highest BCUT2D eigenvalue weighted by Crippen LogP contribution is 2.15. The molecule has 102 valence electrons. The summed E-state index contributed by atoms with van der Waals surface area (Å²) in [5, 5.41) is 2.71. The molecule has 3 nitrogen and oxygen atoms in total. The van der Waals surface area contributed by atoms with Crippen LogP contribution in [-0.2, 0) is 4.79 Å². The number of amides is 1. The van der Waals surface area contributed by atoms with Gasteiger partial charge >= 0.3 is 0 Å². The topological polar surface area (TPSA) is 38.3 Å². The largest absolute Gasteiger partial charge is 0.490 e. The van der Waals surface area contributed by atoms with Crippen LogP contribution in [0.3, 0.4) is 0 Å². The molecule has 0 atom stereocenters. The number of ether oxygens (including phenoxy) is 1. The molecule has 0 bridgehead atoms. The molecule has 0 saturated heterocycles. The van der Waals surface area contributed by atoms with Crippen molar-refractivity contribution in [3.05, 3.63) is 66.2 Å². The Morgan fingerprint density at radius 2 is 1.80 bits per heavy atom. The lowest BCUT2D eigenvalue weighted by molar-refractivity contribution is -0.114. The van der Waals surface area contributed by atoms with Gasteiger partial charge < -0.3 is 10.1 Å². The van der Waals surface area contributed by atoms with E-state index in [-0.39, 0.29) is 5.91 Å². The van der Waals surface area contributed by atoms with Crippen LogP contribution in [-0.4, -0.2) is 12.5 Å². The van der Waals surface area contributed by atoms with Crippen LogP contribution < -0.4 is 10.1 Å². The second-order valence-electron chi connectivity index (χ2n) is 4.33. The third kappa shape index (κ3) is 4.61. The lowest BCUT2D eigenvalue weighted by atomic mass is 10.2. The molecule has 2 aromatic carbocycles. The lowest BCUT2D eigenvalue weighted by Crippen LogP contribution is -2.05. The molecule has 2 rings (SSSR count). The quantitative estimate of drug-likeness (QED) is 0.896. The molecule has 1 N–H and O–H groups in total. The van der Waals surface area contributed by atoms with E-state index in [1.54, 1.807) is 0 Å². The molecular formula is C17H17NO2. The van der Waals surface area contributed by atoms with Gasteiger partial charge in [0.15, 0.2) is 0 Å². The maximum Gasteiger partial charge on any atom is 0.221 e. The van der Waals surface area contributed by atoms with E-state index in [1.807, 2.05) is 66.7 Å². The molecule has 20 heavy (non-hydrogen) atoms. The molecule has 1 amide bonds. The van der Waals surface area contributed by atoms with Gasteiger partial charge in [-0.15, -0.1) is 0 Å². The van der Waals surface area contributed by atoms with Crippen molar-refractivity contribution < 1.29 is 9.53 Å². The maximum absolute atomic E-state index is 10.9. The number of hydrogen-bond donors (Lipinski definition) is 1. The second kappa shape index (κ2) is 7.14. The molecule has 0 radical (unpaired) electrons. The number of rotatable bonds is 5. The van der Waals surface area contributed by atoms with Crippen molar-refractivity contribution in [2.75, 3.05) is 11.9 Å². The Kier molecular flexibility index (Phi) is 4.95. The Labute approximate surface area is 118 Å². The van der Waals surface area contributed by atoms with Gasteiger partial charge in [0.1, 0.15) is 12.4 Å². The summed E-state index contributed by atoms with van der Waals surface area (Å²) in [6, 6.07) is 17.4. The highest BCUT2D eigenvalue weighted by atomic mass is 16.5. The Hall–Kier alpha value is -2.55. The van der Waals surface area contributed by atoms with Crippen molar-refractivity contribution in [1.82, 2.24) is 0 Å². The number of benzene rings is 2. The molecule has 0 aliphatic heterocycles. The van der Waals surface area contributed by atoms with Crippen LogP contribution in [0.25, 0.3) is 6.08 Å². The number of hydrogen-bond acceptors (Lipinski definition) is 2. The third-order valence-electron chi connectivity index (χ3n) is 2.63. The van der Waals surface area contributed by atoms with Crippen LogP contribution in [0.1, 0.15) is 12.5 Å². The summed E-state index contributed by atoms with van der Waals surface area (Å²) in [6.45, 7) is 1.99. The average Bonchev–Trinajstić information content (AvgIpc) is 2.46. The van der Waals surface area contributed by atoms with Crippen LogP contribution in [0, 0.1) is 0 Å². The highest BCUT2D eigenvalue weighted by molar-refractivity contribution is 5.88. The van der Waals surface area contributed by atoms with E-state index in [1.165, 1.54) is 6.92 Å². The summed E-state index contributed by atoms with van der Waals surface area (Å²) in [7, 11) is 0. The first-order valence-electron chi connectivity index (χ1n) is 6.46. The normalized spacial score (nSPS) is 10.4.